The van der Waals surface area contributed by atoms with Gasteiger partial charge in [-0.15, -0.1) is 0 Å². The number of nitrogens with one attached hydrogen (secondary N) is 1. The molecule has 0 aliphatic heterocycles. The van der Waals surface area contributed by atoms with Crippen LogP contribution in [0.15, 0.2) is 47.4 Å². The molecule has 0 aliphatic rings. The first kappa shape index (κ1) is 22.1. The van der Waals surface area contributed by atoms with Crippen LogP contribution in [0.4, 0.5) is 5.69 Å². The van der Waals surface area contributed by atoms with Crippen LogP contribution in [0, 0.1) is 36.5 Å². The summed E-state index contributed by atoms with van der Waals surface area (Å²) in [6.07, 6.45) is 0.0575. The average molecular weight is 410 g/mol. The lowest BCUT2D eigenvalue weighted by atomic mass is 10.1. The predicted molar refractivity (Wildman–Crippen MR) is 110 cm³/mol. The molecule has 2 aromatic carbocycles. The van der Waals surface area contributed by atoms with E-state index in [0.717, 1.165) is 15.4 Å². The number of aryl methyl sites for hydroxylation is 1. The standard InChI is InChI=1S/C21H22N4O3S/c1-16-6-3-7-20(17(16)2)24-21(26)18-8-10-19(11-9-18)29(27,28)25(14-4-12-22)15-5-13-23/h3,6-11H,4-5,14-15H2,1-2H3,(H,24,26). The maximum Gasteiger partial charge on any atom is 0.255 e. The van der Waals surface area contributed by atoms with Crippen molar-refractivity contribution in [3.05, 3.63) is 59.2 Å². The second kappa shape index (κ2) is 9.83. The van der Waals surface area contributed by atoms with E-state index in [9.17, 15) is 13.2 Å². The molecule has 8 heteroatoms. The Morgan fingerprint density at radius 1 is 1.00 bits per heavy atom. The van der Waals surface area contributed by atoms with Crippen LogP contribution >= 0.6 is 0 Å². The molecule has 150 valence electrons. The lowest BCUT2D eigenvalue weighted by Crippen LogP contribution is -2.32. The van der Waals surface area contributed by atoms with Crippen LogP contribution < -0.4 is 5.32 Å². The van der Waals surface area contributed by atoms with Crippen molar-refractivity contribution in [2.24, 2.45) is 0 Å². The molecule has 0 saturated heterocycles. The first-order valence-corrected chi connectivity index (χ1v) is 10.5. The molecule has 0 saturated carbocycles. The van der Waals surface area contributed by atoms with Gasteiger partial charge >= 0.3 is 0 Å². The van der Waals surface area contributed by atoms with E-state index < -0.39 is 10.0 Å². The highest BCUT2D eigenvalue weighted by Crippen LogP contribution is 2.20. The van der Waals surface area contributed by atoms with Gasteiger partial charge in [0.1, 0.15) is 0 Å². The van der Waals surface area contributed by atoms with E-state index in [0.29, 0.717) is 11.3 Å². The summed E-state index contributed by atoms with van der Waals surface area (Å²) in [5.74, 6) is -0.339. The van der Waals surface area contributed by atoms with E-state index in [4.69, 9.17) is 10.5 Å². The quantitative estimate of drug-likeness (QED) is 0.716. The summed E-state index contributed by atoms with van der Waals surface area (Å²) in [4.78, 5) is 12.5. The number of rotatable bonds is 8. The summed E-state index contributed by atoms with van der Waals surface area (Å²) >= 11 is 0. The summed E-state index contributed by atoms with van der Waals surface area (Å²) < 4.78 is 26.7. The van der Waals surface area contributed by atoms with Crippen molar-refractivity contribution < 1.29 is 13.2 Å². The van der Waals surface area contributed by atoms with Gasteiger partial charge in [0.2, 0.25) is 10.0 Å². The van der Waals surface area contributed by atoms with Gasteiger partial charge in [0.25, 0.3) is 5.91 Å². The third-order valence-corrected chi connectivity index (χ3v) is 6.47. The van der Waals surface area contributed by atoms with Gasteiger partial charge in [0.05, 0.1) is 17.0 Å². The first-order valence-electron chi connectivity index (χ1n) is 9.03. The number of amides is 1. The van der Waals surface area contributed by atoms with E-state index in [1.807, 2.05) is 38.1 Å². The Balaban J connectivity index is 2.21. The van der Waals surface area contributed by atoms with Crippen molar-refractivity contribution in [1.82, 2.24) is 4.31 Å². The van der Waals surface area contributed by atoms with Gasteiger partial charge in [-0.2, -0.15) is 14.8 Å². The molecule has 0 bridgehead atoms. The summed E-state index contributed by atoms with van der Waals surface area (Å²) in [6, 6.07) is 15.0. The van der Waals surface area contributed by atoms with E-state index in [2.05, 4.69) is 5.32 Å². The van der Waals surface area contributed by atoms with Gasteiger partial charge < -0.3 is 5.32 Å². The fraction of sp³-hybridized carbons (Fsp3) is 0.286. The number of nitrogens with zero attached hydrogens (tertiary/aromatic N) is 3. The third kappa shape index (κ3) is 5.41. The second-order valence-electron chi connectivity index (χ2n) is 6.45. The molecular weight excluding hydrogens is 388 g/mol. The summed E-state index contributed by atoms with van der Waals surface area (Å²) in [5.41, 5.74) is 3.04. The number of benzene rings is 2. The van der Waals surface area contributed by atoms with Crippen LogP contribution in [-0.2, 0) is 10.0 Å². The molecule has 7 nitrogen and oxygen atoms in total. The van der Waals surface area contributed by atoms with Crippen molar-refractivity contribution in [3.8, 4) is 12.1 Å². The number of sulfonamides is 1. The average Bonchev–Trinajstić information content (AvgIpc) is 2.71. The molecular formula is C21H22N4O3S. The number of hydrogen-bond donors (Lipinski definition) is 1. The van der Waals surface area contributed by atoms with Crippen molar-refractivity contribution >= 4 is 21.6 Å². The Kier molecular flexibility index (Phi) is 7.49. The smallest absolute Gasteiger partial charge is 0.255 e. The lowest BCUT2D eigenvalue weighted by molar-refractivity contribution is 0.102. The van der Waals surface area contributed by atoms with Crippen LogP contribution in [0.2, 0.25) is 0 Å². The molecule has 0 spiro atoms. The van der Waals surface area contributed by atoms with Crippen LogP contribution in [0.25, 0.3) is 0 Å². The minimum atomic E-state index is -3.86. The summed E-state index contributed by atoms with van der Waals surface area (Å²) in [6.45, 7) is 3.89. The Morgan fingerprint density at radius 3 is 2.14 bits per heavy atom. The monoisotopic (exact) mass is 410 g/mol. The number of hydrogen-bond acceptors (Lipinski definition) is 5. The van der Waals surface area contributed by atoms with Crippen LogP contribution in [0.1, 0.15) is 34.3 Å². The minimum Gasteiger partial charge on any atom is -0.322 e. The van der Waals surface area contributed by atoms with Crippen molar-refractivity contribution in [2.75, 3.05) is 18.4 Å². The van der Waals surface area contributed by atoms with Crippen molar-refractivity contribution in [3.63, 3.8) is 0 Å². The number of carbonyl (C=O) groups is 1. The van der Waals surface area contributed by atoms with Crippen molar-refractivity contribution in [1.29, 1.82) is 10.5 Å². The number of nitriles is 2. The third-order valence-electron chi connectivity index (χ3n) is 4.55. The Morgan fingerprint density at radius 2 is 1.59 bits per heavy atom. The molecule has 29 heavy (non-hydrogen) atoms. The zero-order chi connectivity index (χ0) is 21.4. The van der Waals surface area contributed by atoms with Crippen LogP contribution in [0.3, 0.4) is 0 Å². The van der Waals surface area contributed by atoms with E-state index in [-0.39, 0.29) is 36.7 Å². The molecule has 1 amide bonds. The Labute approximate surface area is 171 Å². The molecule has 0 aromatic heterocycles. The molecule has 0 radical (unpaired) electrons. The van der Waals surface area contributed by atoms with Crippen LogP contribution in [0.5, 0.6) is 0 Å². The normalized spacial score (nSPS) is 10.9. The highest BCUT2D eigenvalue weighted by atomic mass is 32.2. The second-order valence-corrected chi connectivity index (χ2v) is 8.38. The predicted octanol–water partition coefficient (Wildman–Crippen LogP) is 3.37. The fourth-order valence-electron chi connectivity index (χ4n) is 2.71. The number of anilines is 1. The van der Waals surface area contributed by atoms with Crippen LogP contribution in [-0.4, -0.2) is 31.7 Å². The van der Waals surface area contributed by atoms with E-state index in [1.165, 1.54) is 24.3 Å². The zero-order valence-electron chi connectivity index (χ0n) is 16.3. The van der Waals surface area contributed by atoms with Gasteiger partial charge in [-0.3, -0.25) is 4.79 Å². The van der Waals surface area contributed by atoms with Crippen molar-refractivity contribution in [2.45, 2.75) is 31.6 Å². The molecule has 0 heterocycles. The molecule has 0 atom stereocenters. The van der Waals surface area contributed by atoms with Gasteiger partial charge in [-0.25, -0.2) is 8.42 Å². The summed E-state index contributed by atoms with van der Waals surface area (Å²) in [5, 5.41) is 20.3. The summed E-state index contributed by atoms with van der Waals surface area (Å²) in [7, 11) is -3.86. The SMILES string of the molecule is Cc1cccc(NC(=O)c2ccc(S(=O)(=O)N(CCC#N)CCC#N)cc2)c1C. The van der Waals surface area contributed by atoms with Gasteiger partial charge in [0.15, 0.2) is 0 Å². The maximum absolute atomic E-state index is 12.8. The van der Waals surface area contributed by atoms with E-state index >= 15 is 0 Å². The lowest BCUT2D eigenvalue weighted by Gasteiger charge is -2.20. The highest BCUT2D eigenvalue weighted by molar-refractivity contribution is 7.89. The molecule has 2 rings (SSSR count). The Hall–Kier alpha value is -3.20. The maximum atomic E-state index is 12.8. The molecule has 0 fully saturated rings. The first-order chi connectivity index (χ1) is 13.8. The van der Waals surface area contributed by atoms with E-state index in [1.54, 1.807) is 6.07 Å². The van der Waals surface area contributed by atoms with Gasteiger partial charge in [0, 0.05) is 37.2 Å². The molecule has 0 aliphatic carbocycles. The fourth-order valence-corrected chi connectivity index (χ4v) is 4.15. The molecule has 1 N–H and O–H groups in total. The van der Waals surface area contributed by atoms with Gasteiger partial charge in [-0.05, 0) is 55.3 Å². The zero-order valence-corrected chi connectivity index (χ0v) is 17.2. The number of carbonyl (C=O) groups excluding carboxylic acids is 1. The minimum absolute atomic E-state index is 0.00931. The molecule has 2 aromatic rings. The molecule has 0 unspecified atom stereocenters. The topological polar surface area (TPSA) is 114 Å². The Bertz CT molecular complexity index is 1050. The highest BCUT2D eigenvalue weighted by Gasteiger charge is 2.24. The largest absolute Gasteiger partial charge is 0.322 e. The van der Waals surface area contributed by atoms with Gasteiger partial charge in [-0.1, -0.05) is 12.1 Å².